The van der Waals surface area contributed by atoms with Gasteiger partial charge in [-0.25, -0.2) is 15.0 Å². The second-order valence-corrected chi connectivity index (χ2v) is 3.97. The summed E-state index contributed by atoms with van der Waals surface area (Å²) in [5.41, 5.74) is 1.42. The van der Waals surface area contributed by atoms with Crippen LogP contribution in [0.15, 0.2) is 12.7 Å². The van der Waals surface area contributed by atoms with Crippen molar-refractivity contribution in [2.75, 3.05) is 19.0 Å². The van der Waals surface area contributed by atoms with E-state index in [0.717, 1.165) is 0 Å². The molecule has 0 amide bonds. The van der Waals surface area contributed by atoms with Crippen molar-refractivity contribution in [1.82, 2.24) is 19.5 Å². The van der Waals surface area contributed by atoms with Crippen LogP contribution in [0, 0.1) is 0 Å². The van der Waals surface area contributed by atoms with E-state index < -0.39 is 6.10 Å². The van der Waals surface area contributed by atoms with Gasteiger partial charge in [0.2, 0.25) is 0 Å². The van der Waals surface area contributed by atoms with Gasteiger partial charge in [-0.3, -0.25) is 4.57 Å². The molecule has 0 saturated carbocycles. The van der Waals surface area contributed by atoms with Gasteiger partial charge in [-0.2, -0.15) is 0 Å². The fourth-order valence-electron chi connectivity index (χ4n) is 2.03. The summed E-state index contributed by atoms with van der Waals surface area (Å²) >= 11 is 0. The highest BCUT2D eigenvalue weighted by Crippen LogP contribution is 2.27. The molecule has 1 aliphatic heterocycles. The van der Waals surface area contributed by atoms with E-state index in [2.05, 4.69) is 20.3 Å². The van der Waals surface area contributed by atoms with Gasteiger partial charge in [0.05, 0.1) is 19.0 Å². The number of fused-ring (bicyclic) bond motifs is 1. The third-order valence-electron chi connectivity index (χ3n) is 2.86. The zero-order valence-corrected chi connectivity index (χ0v) is 9.37. The van der Waals surface area contributed by atoms with Crippen LogP contribution in [0.25, 0.3) is 11.2 Å². The number of nitrogens with one attached hydrogen (secondary N) is 1. The van der Waals surface area contributed by atoms with E-state index in [9.17, 15) is 5.11 Å². The highest BCUT2D eigenvalue weighted by Gasteiger charge is 2.26. The Morgan fingerprint density at radius 3 is 3.06 bits per heavy atom. The first-order valence-electron chi connectivity index (χ1n) is 5.44. The molecule has 90 valence electrons. The molecule has 0 spiro atoms. The Kier molecular flexibility index (Phi) is 2.41. The summed E-state index contributed by atoms with van der Waals surface area (Å²) in [4.78, 5) is 12.6. The number of aliphatic hydroxyl groups excluding tert-OH is 1. The summed E-state index contributed by atoms with van der Waals surface area (Å²) in [6.45, 7) is 0.355. The summed E-state index contributed by atoms with van der Waals surface area (Å²) in [5, 5.41) is 12.4. The quantitative estimate of drug-likeness (QED) is 0.770. The van der Waals surface area contributed by atoms with Crippen molar-refractivity contribution < 1.29 is 9.84 Å². The van der Waals surface area contributed by atoms with Gasteiger partial charge in [-0.1, -0.05) is 0 Å². The molecule has 0 aromatic carbocycles. The number of hydrogen-bond donors (Lipinski definition) is 2. The van der Waals surface area contributed by atoms with Gasteiger partial charge in [0.25, 0.3) is 0 Å². The minimum atomic E-state index is -0.414. The molecule has 2 N–H and O–H groups in total. The molecule has 2 aromatic heterocycles. The van der Waals surface area contributed by atoms with E-state index in [1.807, 2.05) is 4.57 Å². The predicted molar refractivity (Wildman–Crippen MR) is 60.5 cm³/mol. The number of rotatable bonds is 2. The molecule has 2 aromatic rings. The van der Waals surface area contributed by atoms with Crippen LogP contribution in [0.5, 0.6) is 0 Å². The van der Waals surface area contributed by atoms with Gasteiger partial charge in [0, 0.05) is 13.5 Å². The Labute approximate surface area is 97.5 Å². The van der Waals surface area contributed by atoms with Crippen molar-refractivity contribution in [3.63, 3.8) is 0 Å². The third-order valence-corrected chi connectivity index (χ3v) is 2.86. The Hall–Kier alpha value is -1.73. The number of aliphatic hydroxyl groups is 1. The van der Waals surface area contributed by atoms with E-state index in [1.54, 1.807) is 13.4 Å². The normalized spacial score (nSPS) is 24.4. The summed E-state index contributed by atoms with van der Waals surface area (Å²) in [5.74, 6) is 0.687. The molecule has 1 aliphatic rings. The maximum Gasteiger partial charge on any atom is 0.167 e. The van der Waals surface area contributed by atoms with Gasteiger partial charge in [-0.15, -0.1) is 0 Å². The van der Waals surface area contributed by atoms with Crippen molar-refractivity contribution in [2.45, 2.75) is 18.8 Å². The van der Waals surface area contributed by atoms with E-state index in [0.29, 0.717) is 30.0 Å². The molecule has 7 nitrogen and oxygen atoms in total. The Bertz CT molecular complexity index is 540. The Balaban J connectivity index is 2.06. The summed E-state index contributed by atoms with van der Waals surface area (Å²) in [6, 6.07) is 0. The molecule has 3 rings (SSSR count). The van der Waals surface area contributed by atoms with Gasteiger partial charge in [-0.05, 0) is 0 Å². The zero-order chi connectivity index (χ0) is 11.8. The Morgan fingerprint density at radius 2 is 2.35 bits per heavy atom. The highest BCUT2D eigenvalue weighted by atomic mass is 16.5. The number of imidazole rings is 1. The van der Waals surface area contributed by atoms with Gasteiger partial charge < -0.3 is 15.2 Å². The second-order valence-electron chi connectivity index (χ2n) is 3.97. The van der Waals surface area contributed by atoms with Crippen LogP contribution in [-0.4, -0.2) is 44.4 Å². The molecule has 1 fully saturated rings. The topological polar surface area (TPSA) is 85.1 Å². The number of nitrogens with zero attached hydrogens (tertiary/aromatic N) is 4. The fourth-order valence-corrected chi connectivity index (χ4v) is 2.03. The number of anilines is 1. The SMILES string of the molecule is CNc1ncnc2c1ncn2C1C[C@H](O)CO1. The number of aromatic nitrogens is 4. The maximum absolute atomic E-state index is 9.47. The molecule has 7 heteroatoms. The maximum atomic E-state index is 9.47. The van der Waals surface area contributed by atoms with Crippen molar-refractivity contribution in [3.8, 4) is 0 Å². The zero-order valence-electron chi connectivity index (χ0n) is 9.37. The average molecular weight is 235 g/mol. The number of hydrogen-bond acceptors (Lipinski definition) is 6. The van der Waals surface area contributed by atoms with E-state index in [-0.39, 0.29) is 6.23 Å². The molecule has 0 radical (unpaired) electrons. The van der Waals surface area contributed by atoms with Gasteiger partial charge >= 0.3 is 0 Å². The van der Waals surface area contributed by atoms with Crippen molar-refractivity contribution in [3.05, 3.63) is 12.7 Å². The molecule has 17 heavy (non-hydrogen) atoms. The molecule has 0 bridgehead atoms. The van der Waals surface area contributed by atoms with Crippen LogP contribution in [0.3, 0.4) is 0 Å². The smallest absolute Gasteiger partial charge is 0.167 e. The largest absolute Gasteiger partial charge is 0.391 e. The minimum absolute atomic E-state index is 0.199. The van der Waals surface area contributed by atoms with E-state index >= 15 is 0 Å². The molecule has 3 heterocycles. The fraction of sp³-hybridized carbons (Fsp3) is 0.500. The molecule has 1 unspecified atom stereocenters. The van der Waals surface area contributed by atoms with Crippen LogP contribution in [-0.2, 0) is 4.74 Å². The first kappa shape index (κ1) is 10.4. The van der Waals surface area contributed by atoms with Crippen LogP contribution in [0.1, 0.15) is 12.6 Å². The third kappa shape index (κ3) is 1.63. The van der Waals surface area contributed by atoms with Crippen LogP contribution in [0.2, 0.25) is 0 Å². The molecule has 1 saturated heterocycles. The highest BCUT2D eigenvalue weighted by molar-refractivity contribution is 5.82. The lowest BCUT2D eigenvalue weighted by atomic mass is 10.3. The monoisotopic (exact) mass is 235 g/mol. The lowest BCUT2D eigenvalue weighted by Crippen LogP contribution is -2.08. The Morgan fingerprint density at radius 1 is 1.47 bits per heavy atom. The summed E-state index contributed by atoms with van der Waals surface area (Å²) in [7, 11) is 1.79. The van der Waals surface area contributed by atoms with Crippen molar-refractivity contribution >= 4 is 17.0 Å². The van der Waals surface area contributed by atoms with Crippen LogP contribution < -0.4 is 5.32 Å². The van der Waals surface area contributed by atoms with Crippen LogP contribution >= 0.6 is 0 Å². The lowest BCUT2D eigenvalue weighted by molar-refractivity contribution is 0.0502. The standard InChI is InChI=1S/C10H13N5O2/c1-11-9-8-10(13-4-12-9)15(5-14-8)7-2-6(16)3-17-7/h4-7,16H,2-3H2,1H3,(H,11,12,13)/t6-,7?/m0/s1. The van der Waals surface area contributed by atoms with Gasteiger partial charge in [0.1, 0.15) is 18.1 Å². The average Bonchev–Trinajstić information content (AvgIpc) is 2.94. The first-order valence-corrected chi connectivity index (χ1v) is 5.44. The number of ether oxygens (including phenoxy) is 1. The van der Waals surface area contributed by atoms with Crippen LogP contribution in [0.4, 0.5) is 5.82 Å². The predicted octanol–water partition coefficient (Wildman–Crippen LogP) is 0.148. The molecule has 0 aliphatic carbocycles. The molecule has 2 atom stereocenters. The summed E-state index contributed by atoms with van der Waals surface area (Å²) < 4.78 is 7.31. The van der Waals surface area contributed by atoms with E-state index in [4.69, 9.17) is 4.74 Å². The van der Waals surface area contributed by atoms with Gasteiger partial charge in [0.15, 0.2) is 11.5 Å². The first-order chi connectivity index (χ1) is 8.29. The lowest BCUT2D eigenvalue weighted by Gasteiger charge is -2.11. The minimum Gasteiger partial charge on any atom is -0.391 e. The summed E-state index contributed by atoms with van der Waals surface area (Å²) in [6.07, 6.45) is 3.10. The molecular formula is C10H13N5O2. The second kappa shape index (κ2) is 3.94. The van der Waals surface area contributed by atoms with E-state index in [1.165, 1.54) is 6.33 Å². The van der Waals surface area contributed by atoms with Crippen molar-refractivity contribution in [2.24, 2.45) is 0 Å². The van der Waals surface area contributed by atoms with Crippen molar-refractivity contribution in [1.29, 1.82) is 0 Å². The molecular weight excluding hydrogens is 222 g/mol.